The van der Waals surface area contributed by atoms with Crippen LogP contribution in [0, 0.1) is 0 Å². The van der Waals surface area contributed by atoms with E-state index in [2.05, 4.69) is 15.4 Å². The van der Waals surface area contributed by atoms with Crippen LogP contribution in [0.15, 0.2) is 18.2 Å². The van der Waals surface area contributed by atoms with Gasteiger partial charge in [-0.25, -0.2) is 0 Å². The summed E-state index contributed by atoms with van der Waals surface area (Å²) in [5.74, 6) is -0.182. The molecular weight excluding hydrogens is 328 g/mol. The summed E-state index contributed by atoms with van der Waals surface area (Å²) in [5.41, 5.74) is 1.48. The number of carbonyl (C=O) groups is 1. The molecule has 0 unspecified atom stereocenters. The van der Waals surface area contributed by atoms with E-state index >= 15 is 0 Å². The van der Waals surface area contributed by atoms with E-state index in [1.807, 2.05) is 11.0 Å². The fraction of sp³-hybridized carbons (Fsp3) is 0.533. The second kappa shape index (κ2) is 8.88. The van der Waals surface area contributed by atoms with Crippen molar-refractivity contribution in [2.24, 2.45) is 0 Å². The Balaban J connectivity index is 2.08. The van der Waals surface area contributed by atoms with Gasteiger partial charge in [-0.2, -0.15) is 8.78 Å². The smallest absolute Gasteiger partial charge is 0.387 e. The molecule has 1 saturated heterocycles. The Kier molecular flexibility index (Phi) is 6.85. The van der Waals surface area contributed by atoms with Crippen molar-refractivity contribution in [1.82, 2.24) is 10.6 Å². The van der Waals surface area contributed by atoms with Gasteiger partial charge in [-0.05, 0) is 24.1 Å². The molecule has 5 nitrogen and oxygen atoms in total. The molecule has 1 heterocycles. The van der Waals surface area contributed by atoms with E-state index in [1.54, 1.807) is 12.1 Å². The molecule has 0 aromatic heterocycles. The molecule has 1 aliphatic heterocycles. The van der Waals surface area contributed by atoms with Gasteiger partial charge in [0.1, 0.15) is 11.6 Å². The maximum atomic E-state index is 12.7. The normalized spacial score (nSPS) is 14.9. The fourth-order valence-corrected chi connectivity index (χ4v) is 2.56. The van der Waals surface area contributed by atoms with Crippen molar-refractivity contribution < 1.29 is 18.3 Å². The Bertz CT molecular complexity index is 525. The molecule has 0 atom stereocenters. The third kappa shape index (κ3) is 5.51. The summed E-state index contributed by atoms with van der Waals surface area (Å²) in [6.07, 6.45) is 0.518. The number of benzene rings is 1. The van der Waals surface area contributed by atoms with Crippen LogP contribution in [-0.4, -0.2) is 51.1 Å². The van der Waals surface area contributed by atoms with Gasteiger partial charge in [-0.1, -0.05) is 6.07 Å². The van der Waals surface area contributed by atoms with Crippen LogP contribution in [-0.2, 0) is 11.2 Å². The number of ether oxygens (including phenoxy) is 1. The average molecular weight is 348 g/mol. The van der Waals surface area contributed by atoms with Gasteiger partial charge >= 0.3 is 6.61 Å². The Labute approximate surface area is 138 Å². The van der Waals surface area contributed by atoms with E-state index in [4.69, 9.17) is 11.6 Å². The van der Waals surface area contributed by atoms with E-state index in [1.165, 1.54) is 0 Å². The molecule has 8 heteroatoms. The van der Waals surface area contributed by atoms with E-state index in [0.29, 0.717) is 18.7 Å². The number of alkyl halides is 3. The predicted octanol–water partition coefficient (Wildman–Crippen LogP) is 1.60. The van der Waals surface area contributed by atoms with Crippen LogP contribution < -0.4 is 20.3 Å². The molecule has 0 bridgehead atoms. The third-order valence-corrected chi connectivity index (χ3v) is 3.80. The Morgan fingerprint density at radius 3 is 2.78 bits per heavy atom. The van der Waals surface area contributed by atoms with E-state index in [0.717, 1.165) is 31.7 Å². The first-order valence-corrected chi connectivity index (χ1v) is 7.99. The van der Waals surface area contributed by atoms with Crippen molar-refractivity contribution in [3.05, 3.63) is 23.8 Å². The molecule has 23 heavy (non-hydrogen) atoms. The monoisotopic (exact) mass is 347 g/mol. The second-order valence-corrected chi connectivity index (χ2v) is 5.42. The van der Waals surface area contributed by atoms with Crippen LogP contribution in [0.25, 0.3) is 0 Å². The van der Waals surface area contributed by atoms with Crippen molar-refractivity contribution in [3.63, 3.8) is 0 Å². The minimum atomic E-state index is -2.87. The summed E-state index contributed by atoms with van der Waals surface area (Å²) in [6, 6.07) is 5.26. The lowest BCUT2D eigenvalue weighted by Gasteiger charge is -2.31. The number of amides is 1. The number of nitrogens with zero attached hydrogens (tertiary/aromatic N) is 1. The topological polar surface area (TPSA) is 53.6 Å². The molecule has 1 amide bonds. The molecule has 0 saturated carbocycles. The molecule has 2 rings (SSSR count). The van der Waals surface area contributed by atoms with Crippen LogP contribution in [0.3, 0.4) is 0 Å². The van der Waals surface area contributed by atoms with Crippen molar-refractivity contribution in [2.75, 3.05) is 43.5 Å². The lowest BCUT2D eigenvalue weighted by atomic mass is 10.1. The highest BCUT2D eigenvalue weighted by Crippen LogP contribution is 2.31. The van der Waals surface area contributed by atoms with Gasteiger partial charge in [0.15, 0.2) is 0 Å². The molecule has 0 radical (unpaired) electrons. The zero-order valence-electron chi connectivity index (χ0n) is 12.7. The molecule has 0 aliphatic carbocycles. The van der Waals surface area contributed by atoms with Crippen molar-refractivity contribution >= 4 is 23.2 Å². The first-order chi connectivity index (χ1) is 11.1. The second-order valence-electron chi connectivity index (χ2n) is 5.15. The Hall–Kier alpha value is -1.60. The van der Waals surface area contributed by atoms with E-state index in [9.17, 15) is 13.6 Å². The Morgan fingerprint density at radius 2 is 2.13 bits per heavy atom. The zero-order valence-corrected chi connectivity index (χ0v) is 13.4. The Morgan fingerprint density at radius 1 is 1.39 bits per heavy atom. The average Bonchev–Trinajstić information content (AvgIpc) is 2.55. The van der Waals surface area contributed by atoms with E-state index < -0.39 is 6.61 Å². The molecule has 1 aromatic rings. The lowest BCUT2D eigenvalue weighted by Crippen LogP contribution is -2.43. The number of hydrogen-bond donors (Lipinski definition) is 2. The zero-order chi connectivity index (χ0) is 16.7. The number of rotatable bonds is 7. The summed E-state index contributed by atoms with van der Waals surface area (Å²) in [4.78, 5) is 13.1. The highest BCUT2D eigenvalue weighted by atomic mass is 35.5. The standard InChI is InChI=1S/C15H20ClF2N3O2/c16-10-14(22)20-4-3-11-1-2-12(13(9-11)23-15(17)18)21-7-5-19-6-8-21/h1-2,9,15,19H,3-8,10H2,(H,20,22). The number of nitrogens with one attached hydrogen (secondary N) is 2. The minimum absolute atomic E-state index is 0.0956. The summed E-state index contributed by atoms with van der Waals surface area (Å²) in [7, 11) is 0. The minimum Gasteiger partial charge on any atom is -0.433 e. The summed E-state index contributed by atoms with van der Waals surface area (Å²) in [6.45, 7) is 0.617. The number of piperazine rings is 1. The van der Waals surface area contributed by atoms with Gasteiger partial charge in [-0.3, -0.25) is 4.79 Å². The SMILES string of the molecule is O=C(CCl)NCCc1ccc(N2CCNCC2)c(OC(F)F)c1. The summed E-state index contributed by atoms with van der Waals surface area (Å²) in [5, 5.41) is 5.86. The molecular formula is C15H20ClF2N3O2. The first kappa shape index (κ1) is 17.7. The lowest BCUT2D eigenvalue weighted by molar-refractivity contribution is -0.118. The first-order valence-electron chi connectivity index (χ1n) is 7.46. The highest BCUT2D eigenvalue weighted by molar-refractivity contribution is 6.27. The number of hydrogen-bond acceptors (Lipinski definition) is 4. The molecule has 1 aromatic carbocycles. The summed E-state index contributed by atoms with van der Waals surface area (Å²) >= 11 is 5.40. The molecule has 2 N–H and O–H groups in total. The van der Waals surface area contributed by atoms with Gasteiger partial charge in [0.05, 0.1) is 5.69 Å². The molecule has 0 spiro atoms. The van der Waals surface area contributed by atoms with Gasteiger partial charge in [0.25, 0.3) is 0 Å². The fourth-order valence-electron chi connectivity index (χ4n) is 2.46. The molecule has 128 valence electrons. The number of carbonyl (C=O) groups excluding carboxylic acids is 1. The van der Waals surface area contributed by atoms with Gasteiger partial charge in [-0.15, -0.1) is 11.6 Å². The quantitative estimate of drug-likeness (QED) is 0.736. The molecule has 1 aliphatic rings. The van der Waals surface area contributed by atoms with Crippen LogP contribution >= 0.6 is 11.6 Å². The highest BCUT2D eigenvalue weighted by Gasteiger charge is 2.18. The maximum absolute atomic E-state index is 12.7. The third-order valence-electron chi connectivity index (χ3n) is 3.56. The van der Waals surface area contributed by atoms with Gasteiger partial charge < -0.3 is 20.3 Å². The van der Waals surface area contributed by atoms with Crippen LogP contribution in [0.4, 0.5) is 14.5 Å². The van der Waals surface area contributed by atoms with Crippen LogP contribution in [0.2, 0.25) is 0 Å². The van der Waals surface area contributed by atoms with E-state index in [-0.39, 0.29) is 17.5 Å². The predicted molar refractivity (Wildman–Crippen MR) is 85.6 cm³/mol. The van der Waals surface area contributed by atoms with Gasteiger partial charge in [0.2, 0.25) is 5.91 Å². The van der Waals surface area contributed by atoms with Crippen molar-refractivity contribution in [3.8, 4) is 5.75 Å². The maximum Gasteiger partial charge on any atom is 0.387 e. The summed E-state index contributed by atoms with van der Waals surface area (Å²) < 4.78 is 30.0. The van der Waals surface area contributed by atoms with Crippen molar-refractivity contribution in [1.29, 1.82) is 0 Å². The van der Waals surface area contributed by atoms with Crippen molar-refractivity contribution in [2.45, 2.75) is 13.0 Å². The van der Waals surface area contributed by atoms with Crippen LogP contribution in [0.1, 0.15) is 5.56 Å². The van der Waals surface area contributed by atoms with Crippen LogP contribution in [0.5, 0.6) is 5.75 Å². The number of halogens is 3. The molecule has 1 fully saturated rings. The largest absolute Gasteiger partial charge is 0.433 e. The number of anilines is 1. The van der Waals surface area contributed by atoms with Gasteiger partial charge in [0, 0.05) is 32.7 Å².